The maximum absolute atomic E-state index is 12.0. The predicted octanol–water partition coefficient (Wildman–Crippen LogP) is 4.17. The van der Waals surface area contributed by atoms with Crippen molar-refractivity contribution in [2.24, 2.45) is 0 Å². The highest BCUT2D eigenvalue weighted by Crippen LogP contribution is 2.25. The van der Waals surface area contributed by atoms with E-state index in [-0.39, 0.29) is 0 Å². The van der Waals surface area contributed by atoms with Gasteiger partial charge in [-0.2, -0.15) is 0 Å². The minimum absolute atomic E-state index is 0.332. The Morgan fingerprint density at radius 3 is 2.78 bits per heavy atom. The number of nitrogens with one attached hydrogen (secondary N) is 1. The van der Waals surface area contributed by atoms with Crippen molar-refractivity contribution in [1.82, 2.24) is 0 Å². The quantitative estimate of drug-likeness (QED) is 0.646. The summed E-state index contributed by atoms with van der Waals surface area (Å²) < 4.78 is 10.0. The maximum Gasteiger partial charge on any atom is 0.331 e. The lowest BCUT2D eigenvalue weighted by molar-refractivity contribution is -0.148. The van der Waals surface area contributed by atoms with Crippen LogP contribution in [0.25, 0.3) is 6.08 Å². The van der Waals surface area contributed by atoms with Crippen LogP contribution in [0.5, 0.6) is 0 Å². The van der Waals surface area contributed by atoms with Gasteiger partial charge in [0.1, 0.15) is 5.76 Å². The molecule has 1 heterocycles. The van der Waals surface area contributed by atoms with E-state index in [0.717, 1.165) is 0 Å². The molecule has 120 valence electrons. The number of amides is 1. The summed E-state index contributed by atoms with van der Waals surface area (Å²) in [5, 5.41) is 3.31. The van der Waals surface area contributed by atoms with Crippen molar-refractivity contribution in [3.8, 4) is 0 Å². The summed E-state index contributed by atoms with van der Waals surface area (Å²) in [5.41, 5.74) is 0.346. The normalized spacial score (nSPS) is 12.1. The lowest BCUT2D eigenvalue weighted by Crippen LogP contribution is -2.29. The van der Waals surface area contributed by atoms with Crippen LogP contribution in [0.15, 0.2) is 47.1 Å². The number of anilines is 1. The molecule has 1 N–H and O–H groups in total. The third kappa shape index (κ3) is 5.16. The van der Waals surface area contributed by atoms with Crippen LogP contribution >= 0.6 is 23.2 Å². The molecule has 2 rings (SSSR count). The van der Waals surface area contributed by atoms with E-state index in [1.54, 1.807) is 24.3 Å². The Morgan fingerprint density at radius 1 is 1.30 bits per heavy atom. The second-order valence-corrected chi connectivity index (χ2v) is 5.38. The van der Waals surface area contributed by atoms with E-state index in [9.17, 15) is 9.59 Å². The number of ether oxygens (including phenoxy) is 1. The van der Waals surface area contributed by atoms with Crippen LogP contribution in [0, 0.1) is 0 Å². The summed E-state index contributed by atoms with van der Waals surface area (Å²) in [4.78, 5) is 23.7. The number of halogens is 2. The molecule has 0 fully saturated rings. The molecule has 2 aromatic rings. The summed E-state index contributed by atoms with van der Waals surface area (Å²) in [7, 11) is 0. The van der Waals surface area contributed by atoms with E-state index in [4.69, 9.17) is 32.4 Å². The highest BCUT2D eigenvalue weighted by atomic mass is 35.5. The van der Waals surface area contributed by atoms with Crippen molar-refractivity contribution in [2.75, 3.05) is 5.32 Å². The molecule has 0 aliphatic heterocycles. The number of carbonyl (C=O) groups is 2. The molecule has 23 heavy (non-hydrogen) atoms. The zero-order chi connectivity index (χ0) is 16.8. The first-order valence-corrected chi connectivity index (χ1v) is 7.39. The van der Waals surface area contributed by atoms with Crippen molar-refractivity contribution < 1.29 is 18.7 Å². The number of carbonyl (C=O) groups excluding carboxylic acids is 2. The van der Waals surface area contributed by atoms with Gasteiger partial charge in [-0.1, -0.05) is 23.2 Å². The molecular formula is C16H13Cl2NO4. The molecule has 7 heteroatoms. The van der Waals surface area contributed by atoms with E-state index >= 15 is 0 Å². The Morgan fingerprint density at radius 2 is 2.09 bits per heavy atom. The number of esters is 1. The van der Waals surface area contributed by atoms with Crippen LogP contribution < -0.4 is 5.32 Å². The summed E-state index contributed by atoms with van der Waals surface area (Å²) >= 11 is 11.8. The number of benzene rings is 1. The standard InChI is InChI=1S/C16H13Cl2NO4/c1-10(23-15(20)7-5-12-3-2-8-22-12)16(21)19-14-9-11(17)4-6-13(14)18/h2-10H,1H3,(H,19,21)/b7-5+/t10-/m0/s1. The minimum atomic E-state index is -1.00. The molecule has 0 radical (unpaired) electrons. The van der Waals surface area contributed by atoms with E-state index in [0.29, 0.717) is 21.5 Å². The van der Waals surface area contributed by atoms with Gasteiger partial charge in [0.05, 0.1) is 17.0 Å². The summed E-state index contributed by atoms with van der Waals surface area (Å²) in [6.07, 6.45) is 3.10. The average molecular weight is 354 g/mol. The van der Waals surface area contributed by atoms with E-state index in [2.05, 4.69) is 5.32 Å². The smallest absolute Gasteiger partial charge is 0.331 e. The first-order valence-electron chi connectivity index (χ1n) is 6.64. The molecule has 0 aliphatic carbocycles. The number of hydrogen-bond donors (Lipinski definition) is 1. The first kappa shape index (κ1) is 17.1. The molecule has 0 unspecified atom stereocenters. The topological polar surface area (TPSA) is 68.5 Å². The van der Waals surface area contributed by atoms with Gasteiger partial charge in [0.15, 0.2) is 6.10 Å². The fraction of sp³-hybridized carbons (Fsp3) is 0.125. The van der Waals surface area contributed by atoms with Crippen molar-refractivity contribution in [3.63, 3.8) is 0 Å². The molecule has 1 aromatic carbocycles. The molecule has 0 bridgehead atoms. The van der Waals surface area contributed by atoms with Crippen molar-refractivity contribution in [2.45, 2.75) is 13.0 Å². The predicted molar refractivity (Wildman–Crippen MR) is 88.4 cm³/mol. The number of hydrogen-bond acceptors (Lipinski definition) is 4. The molecule has 1 aromatic heterocycles. The van der Waals surface area contributed by atoms with Crippen LogP contribution in [0.1, 0.15) is 12.7 Å². The maximum atomic E-state index is 12.0. The van der Waals surface area contributed by atoms with Crippen LogP contribution in [-0.2, 0) is 14.3 Å². The highest BCUT2D eigenvalue weighted by Gasteiger charge is 2.17. The summed E-state index contributed by atoms with van der Waals surface area (Å²) in [6.45, 7) is 1.45. The van der Waals surface area contributed by atoms with Gasteiger partial charge in [-0.3, -0.25) is 4.79 Å². The van der Waals surface area contributed by atoms with Gasteiger partial charge >= 0.3 is 5.97 Å². The van der Waals surface area contributed by atoms with Gasteiger partial charge in [0.25, 0.3) is 5.91 Å². The van der Waals surface area contributed by atoms with Gasteiger partial charge in [0.2, 0.25) is 0 Å². The first-order chi connectivity index (χ1) is 11.0. The van der Waals surface area contributed by atoms with E-state index in [1.807, 2.05) is 0 Å². The molecule has 5 nitrogen and oxygen atoms in total. The molecule has 0 saturated heterocycles. The fourth-order valence-corrected chi connectivity index (χ4v) is 1.97. The second kappa shape index (κ2) is 7.85. The Labute approximate surface area is 142 Å². The van der Waals surface area contributed by atoms with Crippen LogP contribution in [0.3, 0.4) is 0 Å². The Balaban J connectivity index is 1.92. The van der Waals surface area contributed by atoms with Gasteiger partial charge in [-0.25, -0.2) is 4.79 Å². The van der Waals surface area contributed by atoms with Crippen molar-refractivity contribution in [1.29, 1.82) is 0 Å². The van der Waals surface area contributed by atoms with E-state index < -0.39 is 18.0 Å². The number of rotatable bonds is 5. The average Bonchev–Trinajstić information content (AvgIpc) is 3.02. The van der Waals surface area contributed by atoms with Crippen LogP contribution in [-0.4, -0.2) is 18.0 Å². The van der Waals surface area contributed by atoms with Crippen LogP contribution in [0.2, 0.25) is 10.0 Å². The fourth-order valence-electron chi connectivity index (χ4n) is 1.63. The second-order valence-electron chi connectivity index (χ2n) is 4.54. The summed E-state index contributed by atoms with van der Waals surface area (Å²) in [6, 6.07) is 8.04. The lowest BCUT2D eigenvalue weighted by atomic mass is 10.3. The Hall–Kier alpha value is -2.24. The molecule has 1 atom stereocenters. The van der Waals surface area contributed by atoms with Crippen molar-refractivity contribution >= 4 is 46.8 Å². The molecule has 0 spiro atoms. The van der Waals surface area contributed by atoms with Gasteiger partial charge < -0.3 is 14.5 Å². The monoisotopic (exact) mass is 353 g/mol. The zero-order valence-electron chi connectivity index (χ0n) is 12.1. The molecule has 0 aliphatic rings. The third-order valence-electron chi connectivity index (χ3n) is 2.78. The largest absolute Gasteiger partial charge is 0.465 e. The summed E-state index contributed by atoms with van der Waals surface area (Å²) in [5.74, 6) is -0.681. The highest BCUT2D eigenvalue weighted by molar-refractivity contribution is 6.35. The van der Waals surface area contributed by atoms with Crippen molar-refractivity contribution in [3.05, 3.63) is 58.5 Å². The molecule has 1 amide bonds. The van der Waals surface area contributed by atoms with E-state index in [1.165, 1.54) is 31.4 Å². The zero-order valence-corrected chi connectivity index (χ0v) is 13.6. The molecule has 0 saturated carbocycles. The third-order valence-corrected chi connectivity index (χ3v) is 3.34. The minimum Gasteiger partial charge on any atom is -0.465 e. The van der Waals surface area contributed by atoms with Crippen LogP contribution in [0.4, 0.5) is 5.69 Å². The Kier molecular flexibility index (Phi) is 5.84. The van der Waals surface area contributed by atoms with Gasteiger partial charge in [0, 0.05) is 11.1 Å². The number of furan rings is 1. The Bertz CT molecular complexity index is 726. The van der Waals surface area contributed by atoms with Gasteiger partial charge in [-0.15, -0.1) is 0 Å². The van der Waals surface area contributed by atoms with Gasteiger partial charge in [-0.05, 0) is 43.3 Å². The SMILES string of the molecule is C[C@H](OC(=O)/C=C/c1ccco1)C(=O)Nc1cc(Cl)ccc1Cl. The molecular weight excluding hydrogens is 341 g/mol. The lowest BCUT2D eigenvalue weighted by Gasteiger charge is -2.13.